The number of fused-ring (bicyclic) bond motifs is 1. The van der Waals surface area contributed by atoms with Crippen molar-refractivity contribution in [1.29, 1.82) is 0 Å². The second kappa shape index (κ2) is 7.35. The number of rotatable bonds is 7. The number of hydrogen-bond acceptors (Lipinski definition) is 6. The smallest absolute Gasteiger partial charge is 0.332 e. The average Bonchev–Trinajstić information content (AvgIpc) is 2.60. The summed E-state index contributed by atoms with van der Waals surface area (Å²) in [5.74, 6) is 0.624. The largest absolute Gasteiger partial charge is 0.337 e. The van der Waals surface area contributed by atoms with Crippen LogP contribution in [0.5, 0.6) is 0 Å². The molecule has 2 aromatic heterocycles. The van der Waals surface area contributed by atoms with Gasteiger partial charge in [0.25, 0.3) is 5.56 Å². The highest BCUT2D eigenvalue weighted by Gasteiger charge is 2.27. The molecule has 0 atom stereocenters. The fourth-order valence-corrected chi connectivity index (χ4v) is 2.93. The molecule has 138 valence electrons. The Morgan fingerprint density at radius 2 is 1.80 bits per heavy atom. The van der Waals surface area contributed by atoms with Crippen molar-refractivity contribution in [3.8, 4) is 0 Å². The molecule has 0 unspecified atom stereocenters. The summed E-state index contributed by atoms with van der Waals surface area (Å²) in [6, 6.07) is 1.73. The van der Waals surface area contributed by atoms with Crippen molar-refractivity contribution in [2.45, 2.75) is 46.2 Å². The molecule has 0 amide bonds. The van der Waals surface area contributed by atoms with Gasteiger partial charge in [0.2, 0.25) is 0 Å². The Morgan fingerprint density at radius 1 is 1.12 bits per heavy atom. The van der Waals surface area contributed by atoms with Gasteiger partial charge in [-0.05, 0) is 39.3 Å². The van der Waals surface area contributed by atoms with Crippen LogP contribution in [-0.2, 0) is 14.1 Å². The Balaban J connectivity index is 2.62. The molecular formula is C17H28N6O2. The average molecular weight is 348 g/mol. The molecular weight excluding hydrogens is 320 g/mol. The summed E-state index contributed by atoms with van der Waals surface area (Å²) >= 11 is 0. The quantitative estimate of drug-likeness (QED) is 0.751. The molecule has 0 saturated heterocycles. The Bertz CT molecular complexity index is 868. The van der Waals surface area contributed by atoms with Crippen LogP contribution in [0.3, 0.4) is 0 Å². The molecule has 8 heteroatoms. The molecule has 2 rings (SSSR count). The van der Waals surface area contributed by atoms with E-state index in [1.807, 2.05) is 0 Å². The maximum atomic E-state index is 12.5. The van der Waals surface area contributed by atoms with Crippen LogP contribution in [0.4, 0.5) is 5.82 Å². The van der Waals surface area contributed by atoms with Crippen LogP contribution in [0, 0.1) is 0 Å². The molecule has 2 aromatic rings. The Hall–Kier alpha value is -2.22. The third-order valence-electron chi connectivity index (χ3n) is 4.39. The van der Waals surface area contributed by atoms with E-state index in [2.05, 4.69) is 48.1 Å². The van der Waals surface area contributed by atoms with Crippen LogP contribution in [-0.4, -0.2) is 38.1 Å². The van der Waals surface area contributed by atoms with Gasteiger partial charge < -0.3 is 4.90 Å². The van der Waals surface area contributed by atoms with E-state index >= 15 is 0 Å². The molecule has 0 aliphatic carbocycles. The van der Waals surface area contributed by atoms with Gasteiger partial charge >= 0.3 is 5.69 Å². The summed E-state index contributed by atoms with van der Waals surface area (Å²) in [4.78, 5) is 26.7. The number of anilines is 1. The van der Waals surface area contributed by atoms with E-state index in [9.17, 15) is 9.59 Å². The Kier molecular flexibility index (Phi) is 5.62. The van der Waals surface area contributed by atoms with Gasteiger partial charge in [-0.3, -0.25) is 19.2 Å². The summed E-state index contributed by atoms with van der Waals surface area (Å²) in [7, 11) is 3.07. The molecule has 0 aliphatic heterocycles. The van der Waals surface area contributed by atoms with E-state index in [4.69, 9.17) is 0 Å². The van der Waals surface area contributed by atoms with E-state index in [0.29, 0.717) is 16.9 Å². The van der Waals surface area contributed by atoms with Gasteiger partial charge in [0.05, 0.1) is 11.0 Å². The molecule has 0 radical (unpaired) electrons. The lowest BCUT2D eigenvalue weighted by Gasteiger charge is -2.40. The lowest BCUT2D eigenvalue weighted by Crippen LogP contribution is -2.56. The maximum Gasteiger partial charge on any atom is 0.332 e. The lowest BCUT2D eigenvalue weighted by molar-refractivity contribution is 0.363. The van der Waals surface area contributed by atoms with E-state index in [0.717, 1.165) is 30.5 Å². The number of hydrogen-bond donors (Lipinski definition) is 1. The van der Waals surface area contributed by atoms with Crippen LogP contribution in [0.1, 0.15) is 40.5 Å². The second-order valence-electron chi connectivity index (χ2n) is 6.78. The zero-order valence-electron chi connectivity index (χ0n) is 16.0. The molecule has 8 nitrogen and oxygen atoms in total. The first kappa shape index (κ1) is 19.1. The summed E-state index contributed by atoms with van der Waals surface area (Å²) in [6.07, 6.45) is 1.96. The highest BCUT2D eigenvalue weighted by Crippen LogP contribution is 2.22. The predicted octanol–water partition coefficient (Wildman–Crippen LogP) is 0.979. The molecule has 0 spiro atoms. The number of aromatic nitrogens is 4. The lowest BCUT2D eigenvalue weighted by atomic mass is 10.1. The molecule has 25 heavy (non-hydrogen) atoms. The van der Waals surface area contributed by atoms with Gasteiger partial charge in [0.1, 0.15) is 0 Å². The van der Waals surface area contributed by atoms with Crippen molar-refractivity contribution in [3.63, 3.8) is 0 Å². The maximum absolute atomic E-state index is 12.5. The summed E-state index contributed by atoms with van der Waals surface area (Å²) in [6.45, 7) is 10.0. The van der Waals surface area contributed by atoms with Crippen molar-refractivity contribution in [3.05, 3.63) is 26.9 Å². The second-order valence-corrected chi connectivity index (χ2v) is 6.78. The zero-order valence-corrected chi connectivity index (χ0v) is 16.0. The van der Waals surface area contributed by atoms with Crippen molar-refractivity contribution >= 4 is 16.9 Å². The van der Waals surface area contributed by atoms with Gasteiger partial charge in [-0.2, -0.15) is 0 Å². The summed E-state index contributed by atoms with van der Waals surface area (Å²) in [5.41, 5.74) is -0.798. The number of nitrogens with one attached hydrogen (secondary N) is 1. The first-order valence-corrected chi connectivity index (χ1v) is 8.70. The number of aryl methyl sites for hydroxylation is 1. The Morgan fingerprint density at radius 3 is 2.40 bits per heavy atom. The van der Waals surface area contributed by atoms with Gasteiger partial charge in [0, 0.05) is 20.6 Å². The third kappa shape index (κ3) is 3.58. The van der Waals surface area contributed by atoms with Crippen LogP contribution >= 0.6 is 0 Å². The minimum atomic E-state index is -0.407. The fourth-order valence-electron chi connectivity index (χ4n) is 2.93. The van der Waals surface area contributed by atoms with Gasteiger partial charge in [-0.1, -0.05) is 13.8 Å². The van der Waals surface area contributed by atoms with Gasteiger partial charge in [-0.15, -0.1) is 10.2 Å². The summed E-state index contributed by atoms with van der Waals surface area (Å²) < 4.78 is 2.44. The fraction of sp³-hybridized carbons (Fsp3) is 0.647. The molecule has 0 saturated carbocycles. The molecule has 0 fully saturated rings. The number of nitrogens with zero attached hydrogens (tertiary/aromatic N) is 5. The van der Waals surface area contributed by atoms with E-state index in [1.54, 1.807) is 13.1 Å². The SMILES string of the molecule is CCCNC(C)(C)N(CCC)c1cc2c(=O)n(C)c(=O)n(C)c2nn1. The van der Waals surface area contributed by atoms with Crippen molar-refractivity contribution in [1.82, 2.24) is 24.6 Å². The molecule has 2 heterocycles. The molecule has 0 bridgehead atoms. The normalized spacial score (nSPS) is 11.9. The van der Waals surface area contributed by atoms with Crippen molar-refractivity contribution < 1.29 is 0 Å². The third-order valence-corrected chi connectivity index (χ3v) is 4.39. The zero-order chi connectivity index (χ0) is 18.8. The van der Waals surface area contributed by atoms with E-state index in [-0.39, 0.29) is 11.2 Å². The van der Waals surface area contributed by atoms with Crippen LogP contribution in [0.25, 0.3) is 11.0 Å². The minimum Gasteiger partial charge on any atom is -0.337 e. The van der Waals surface area contributed by atoms with Crippen molar-refractivity contribution in [2.75, 3.05) is 18.0 Å². The molecule has 0 aliphatic rings. The van der Waals surface area contributed by atoms with Crippen molar-refractivity contribution in [2.24, 2.45) is 14.1 Å². The first-order chi connectivity index (χ1) is 11.7. The van der Waals surface area contributed by atoms with E-state index in [1.165, 1.54) is 11.6 Å². The standard InChI is InChI=1S/C17H28N6O2/c1-7-9-18-17(3,4)23(10-8-2)13-11-12-14(20-19-13)21(5)16(25)22(6)15(12)24/h11,18H,7-10H2,1-6H3. The summed E-state index contributed by atoms with van der Waals surface area (Å²) in [5, 5.41) is 12.4. The predicted molar refractivity (Wildman–Crippen MR) is 100 cm³/mol. The topological polar surface area (TPSA) is 85.0 Å². The van der Waals surface area contributed by atoms with Gasteiger partial charge in [-0.25, -0.2) is 4.79 Å². The first-order valence-electron chi connectivity index (χ1n) is 8.70. The molecule has 0 aromatic carbocycles. The van der Waals surface area contributed by atoms with Crippen LogP contribution in [0.15, 0.2) is 15.7 Å². The highest BCUT2D eigenvalue weighted by molar-refractivity contribution is 5.76. The van der Waals surface area contributed by atoms with E-state index < -0.39 is 5.69 Å². The van der Waals surface area contributed by atoms with Gasteiger partial charge in [0.15, 0.2) is 11.5 Å². The van der Waals surface area contributed by atoms with Crippen LogP contribution in [0.2, 0.25) is 0 Å². The molecule has 1 N–H and O–H groups in total. The monoisotopic (exact) mass is 348 g/mol. The minimum absolute atomic E-state index is 0.299. The van der Waals surface area contributed by atoms with Crippen LogP contribution < -0.4 is 21.5 Å². The Labute approximate surface area is 147 Å². The highest BCUT2D eigenvalue weighted by atomic mass is 16.2.